The lowest BCUT2D eigenvalue weighted by Crippen LogP contribution is -2.46. The number of nitrogens with one attached hydrogen (secondary N) is 1. The van der Waals surface area contributed by atoms with Gasteiger partial charge in [0.1, 0.15) is 0 Å². The van der Waals surface area contributed by atoms with Gasteiger partial charge >= 0.3 is 12.2 Å². The molecule has 1 aromatic carbocycles. The van der Waals surface area contributed by atoms with Crippen molar-refractivity contribution in [3.05, 3.63) is 29.3 Å². The number of anilines is 1. The molecule has 9 heteroatoms. The van der Waals surface area contributed by atoms with Gasteiger partial charge in [-0.05, 0) is 37.1 Å². The van der Waals surface area contributed by atoms with Gasteiger partial charge in [-0.25, -0.2) is 9.59 Å². The van der Waals surface area contributed by atoms with E-state index in [0.717, 1.165) is 18.2 Å². The first-order valence-electron chi connectivity index (χ1n) is 5.65. The second-order valence-corrected chi connectivity index (χ2v) is 6.39. The van der Waals surface area contributed by atoms with E-state index in [4.69, 9.17) is 39.6 Å². The highest BCUT2D eigenvalue weighted by Crippen LogP contribution is 2.25. The highest BCUT2D eigenvalue weighted by molar-refractivity contribution is 6.67. The molecule has 0 aromatic heterocycles. The van der Waals surface area contributed by atoms with E-state index in [1.54, 1.807) is 12.1 Å². The van der Waals surface area contributed by atoms with Crippen LogP contribution < -0.4 is 10.4 Å². The summed E-state index contributed by atoms with van der Waals surface area (Å²) in [5, 5.41) is 2.68. The first kappa shape index (κ1) is 17.7. The van der Waals surface area contributed by atoms with E-state index >= 15 is 0 Å². The Bertz CT molecular complexity index is 526. The summed E-state index contributed by atoms with van der Waals surface area (Å²) in [6.45, 7) is 3.64. The van der Waals surface area contributed by atoms with Crippen molar-refractivity contribution in [2.75, 3.05) is 12.2 Å². The first-order chi connectivity index (χ1) is 9.62. The molecular formula is C12H13Cl3N2O4. The summed E-state index contributed by atoms with van der Waals surface area (Å²) in [5.74, 6) is 0. The number of ether oxygens (including phenoxy) is 1. The predicted molar refractivity (Wildman–Crippen MR) is 80.7 cm³/mol. The fourth-order valence-electron chi connectivity index (χ4n) is 1.56. The standard InChI is InChI=1S/C12H13Cl3N2O4/c1-7-4-8(2)6-9(5-7)17(21-11(19)20-3)10(18)16-12(13,14)15/h4-6H,1-3H3,(H,16,18). The average Bonchev–Trinajstić information content (AvgIpc) is 2.31. The van der Waals surface area contributed by atoms with E-state index in [1.807, 2.05) is 25.2 Å². The molecule has 1 N–H and O–H groups in total. The molecule has 0 radical (unpaired) electrons. The maximum atomic E-state index is 12.1. The molecule has 1 aromatic rings. The normalized spacial score (nSPS) is 10.8. The number of alkyl halides is 3. The van der Waals surface area contributed by atoms with E-state index in [-0.39, 0.29) is 5.69 Å². The molecule has 0 atom stereocenters. The van der Waals surface area contributed by atoms with Gasteiger partial charge in [0.2, 0.25) is 0 Å². The Morgan fingerprint density at radius 2 is 1.67 bits per heavy atom. The molecule has 0 saturated carbocycles. The third-order valence-electron chi connectivity index (χ3n) is 2.21. The lowest BCUT2D eigenvalue weighted by atomic mass is 10.1. The zero-order chi connectivity index (χ0) is 16.2. The SMILES string of the molecule is COC(=O)ON(C(=O)NC(Cl)(Cl)Cl)c1cc(C)cc(C)c1. The van der Waals surface area contributed by atoms with Crippen LogP contribution in [0.25, 0.3) is 0 Å². The molecule has 0 spiro atoms. The highest BCUT2D eigenvalue weighted by atomic mass is 35.6. The van der Waals surface area contributed by atoms with Gasteiger partial charge < -0.3 is 4.74 Å². The van der Waals surface area contributed by atoms with E-state index < -0.39 is 16.1 Å². The molecule has 0 aliphatic carbocycles. The van der Waals surface area contributed by atoms with Crippen molar-refractivity contribution in [2.45, 2.75) is 17.8 Å². The van der Waals surface area contributed by atoms with Crippen LogP contribution in [0.1, 0.15) is 11.1 Å². The molecule has 0 aliphatic heterocycles. The molecule has 0 bridgehead atoms. The van der Waals surface area contributed by atoms with Crippen LogP contribution in [0.4, 0.5) is 15.3 Å². The number of nitrogens with zero attached hydrogens (tertiary/aromatic N) is 1. The van der Waals surface area contributed by atoms with Gasteiger partial charge in [0, 0.05) is 0 Å². The Morgan fingerprint density at radius 3 is 2.10 bits per heavy atom. The molecule has 0 fully saturated rings. The summed E-state index contributed by atoms with van der Waals surface area (Å²) >= 11 is 16.5. The van der Waals surface area contributed by atoms with Gasteiger partial charge in [-0.2, -0.15) is 0 Å². The van der Waals surface area contributed by atoms with E-state index in [1.165, 1.54) is 0 Å². The summed E-state index contributed by atoms with van der Waals surface area (Å²) < 4.78 is 2.31. The minimum atomic E-state index is -2.05. The van der Waals surface area contributed by atoms with Crippen LogP contribution in [-0.2, 0) is 9.57 Å². The van der Waals surface area contributed by atoms with E-state index in [2.05, 4.69) is 4.74 Å². The van der Waals surface area contributed by atoms with Crippen LogP contribution in [-0.4, -0.2) is 23.2 Å². The van der Waals surface area contributed by atoms with Gasteiger partial charge in [-0.15, -0.1) is 5.06 Å². The number of benzene rings is 1. The van der Waals surface area contributed by atoms with Crippen LogP contribution in [0, 0.1) is 13.8 Å². The topological polar surface area (TPSA) is 67.9 Å². The lowest BCUT2D eigenvalue weighted by molar-refractivity contribution is 0.0680. The Labute approximate surface area is 136 Å². The van der Waals surface area contributed by atoms with Crippen molar-refractivity contribution in [2.24, 2.45) is 0 Å². The summed E-state index contributed by atoms with van der Waals surface area (Å²) in [6, 6.07) is 4.18. The third kappa shape index (κ3) is 5.87. The van der Waals surface area contributed by atoms with Crippen molar-refractivity contribution in [1.82, 2.24) is 5.32 Å². The number of hydrogen-bond donors (Lipinski definition) is 1. The Hall–Kier alpha value is -1.37. The Balaban J connectivity index is 3.12. The van der Waals surface area contributed by atoms with E-state index in [9.17, 15) is 9.59 Å². The summed E-state index contributed by atoms with van der Waals surface area (Å²) in [6.07, 6.45) is -1.09. The Kier molecular flexibility index (Phi) is 5.95. The van der Waals surface area contributed by atoms with Gasteiger partial charge in [0.25, 0.3) is 3.92 Å². The molecule has 116 valence electrons. The fourth-order valence-corrected chi connectivity index (χ4v) is 1.81. The zero-order valence-corrected chi connectivity index (χ0v) is 13.7. The monoisotopic (exact) mass is 354 g/mol. The van der Waals surface area contributed by atoms with Gasteiger partial charge in [-0.1, -0.05) is 40.9 Å². The summed E-state index contributed by atoms with van der Waals surface area (Å²) in [7, 11) is 1.11. The number of rotatable bonds is 1. The number of urea groups is 1. The van der Waals surface area contributed by atoms with Crippen molar-refractivity contribution >= 4 is 52.7 Å². The predicted octanol–water partition coefficient (Wildman–Crippen LogP) is 3.85. The van der Waals surface area contributed by atoms with Crippen LogP contribution in [0.3, 0.4) is 0 Å². The first-order valence-corrected chi connectivity index (χ1v) is 6.79. The number of hydrogen-bond acceptors (Lipinski definition) is 4. The number of hydroxylamine groups is 1. The molecule has 0 unspecified atom stereocenters. The van der Waals surface area contributed by atoms with Crippen LogP contribution in [0.2, 0.25) is 0 Å². The number of carbonyl (C=O) groups is 2. The van der Waals surface area contributed by atoms with Crippen molar-refractivity contribution < 1.29 is 19.2 Å². The maximum absolute atomic E-state index is 12.1. The third-order valence-corrected chi connectivity index (χ3v) is 2.49. The number of carbonyl (C=O) groups excluding carboxylic acids is 2. The van der Waals surface area contributed by atoms with Gasteiger partial charge in [-0.3, -0.25) is 10.2 Å². The van der Waals surface area contributed by atoms with E-state index in [0.29, 0.717) is 5.06 Å². The smallest absolute Gasteiger partial charge is 0.436 e. The number of amides is 2. The molecule has 6 nitrogen and oxygen atoms in total. The summed E-state index contributed by atoms with van der Waals surface area (Å²) in [4.78, 5) is 28.1. The van der Waals surface area contributed by atoms with Crippen molar-refractivity contribution in [1.29, 1.82) is 0 Å². The van der Waals surface area contributed by atoms with Crippen molar-refractivity contribution in [3.8, 4) is 0 Å². The zero-order valence-electron chi connectivity index (χ0n) is 11.4. The van der Waals surface area contributed by atoms with Crippen LogP contribution >= 0.6 is 34.8 Å². The second kappa shape index (κ2) is 7.06. The molecular weight excluding hydrogens is 343 g/mol. The lowest BCUT2D eigenvalue weighted by Gasteiger charge is -2.23. The molecule has 2 amide bonds. The number of aryl methyl sites for hydroxylation is 2. The molecule has 21 heavy (non-hydrogen) atoms. The highest BCUT2D eigenvalue weighted by Gasteiger charge is 2.29. The quantitative estimate of drug-likeness (QED) is 0.360. The number of halogens is 3. The largest absolute Gasteiger partial charge is 0.533 e. The summed E-state index contributed by atoms with van der Waals surface area (Å²) in [5.41, 5.74) is 1.99. The number of methoxy groups -OCH3 is 1. The van der Waals surface area contributed by atoms with Crippen molar-refractivity contribution in [3.63, 3.8) is 0 Å². The molecule has 0 saturated heterocycles. The minimum Gasteiger partial charge on any atom is -0.436 e. The second-order valence-electron chi connectivity index (χ2n) is 4.11. The van der Waals surface area contributed by atoms with Crippen LogP contribution in [0.15, 0.2) is 18.2 Å². The molecule has 0 aliphatic rings. The van der Waals surface area contributed by atoms with Gasteiger partial charge in [0.15, 0.2) is 0 Å². The average molecular weight is 356 g/mol. The Morgan fingerprint density at radius 1 is 1.14 bits per heavy atom. The fraction of sp³-hybridized carbons (Fsp3) is 0.333. The maximum Gasteiger partial charge on any atom is 0.533 e. The minimum absolute atomic E-state index is 0.282. The van der Waals surface area contributed by atoms with Crippen LogP contribution in [0.5, 0.6) is 0 Å². The molecule has 0 heterocycles. The van der Waals surface area contributed by atoms with Gasteiger partial charge in [0.05, 0.1) is 12.8 Å². The molecule has 1 rings (SSSR count).